The molecule has 0 spiro atoms. The number of carbonyl (C=O) groups is 2. The maximum absolute atomic E-state index is 11.7. The molecule has 0 radical (unpaired) electrons. The fourth-order valence-corrected chi connectivity index (χ4v) is 2.60. The van der Waals surface area contributed by atoms with Gasteiger partial charge in [0.2, 0.25) is 5.91 Å². The van der Waals surface area contributed by atoms with Gasteiger partial charge in [0.25, 0.3) is 0 Å². The molecule has 1 unspecified atom stereocenters. The quantitative estimate of drug-likeness (QED) is 0.768. The molecule has 1 amide bonds. The zero-order chi connectivity index (χ0) is 11.7. The molecule has 16 heavy (non-hydrogen) atoms. The number of hydrogen-bond acceptors (Lipinski definition) is 5. The lowest BCUT2D eigenvalue weighted by Crippen LogP contribution is -2.34. The fourth-order valence-electron chi connectivity index (χ4n) is 1.68. The molecular formula is C10H12N2O3S. The van der Waals surface area contributed by atoms with Crippen LogP contribution in [0, 0.1) is 0 Å². The van der Waals surface area contributed by atoms with Crippen LogP contribution in [0.5, 0.6) is 0 Å². The van der Waals surface area contributed by atoms with E-state index in [-0.39, 0.29) is 5.91 Å². The summed E-state index contributed by atoms with van der Waals surface area (Å²) in [7, 11) is 1.32. The summed E-state index contributed by atoms with van der Waals surface area (Å²) >= 11 is 1.34. The molecule has 1 aromatic rings. The zero-order valence-corrected chi connectivity index (χ0v) is 9.62. The van der Waals surface area contributed by atoms with Crippen LogP contribution >= 0.6 is 11.3 Å². The normalized spacial score (nSPS) is 20.2. The first-order chi connectivity index (χ1) is 7.65. The second kappa shape index (κ2) is 4.23. The molecule has 5 nitrogen and oxygen atoms in total. The third-order valence-corrected chi connectivity index (χ3v) is 3.48. The zero-order valence-electron chi connectivity index (χ0n) is 8.80. The first-order valence-electron chi connectivity index (χ1n) is 4.88. The lowest BCUT2D eigenvalue weighted by Gasteiger charge is -2.15. The minimum atomic E-state index is -0.451. The van der Waals surface area contributed by atoms with Gasteiger partial charge in [-0.2, -0.15) is 0 Å². The van der Waals surface area contributed by atoms with Crippen molar-refractivity contribution in [3.8, 4) is 0 Å². The summed E-state index contributed by atoms with van der Waals surface area (Å²) in [5.74, 6) is -0.558. The van der Waals surface area contributed by atoms with Crippen LogP contribution in [0.25, 0.3) is 0 Å². The van der Waals surface area contributed by atoms with E-state index in [1.54, 1.807) is 16.3 Å². The summed E-state index contributed by atoms with van der Waals surface area (Å²) < 4.78 is 4.66. The molecule has 1 fully saturated rings. The molecule has 0 saturated carbocycles. The average molecular weight is 240 g/mol. The molecule has 6 heteroatoms. The summed E-state index contributed by atoms with van der Waals surface area (Å²) in [5.41, 5.74) is 6.06. The number of esters is 1. The maximum Gasteiger partial charge on any atom is 0.340 e. The molecule has 1 atom stereocenters. The van der Waals surface area contributed by atoms with Gasteiger partial charge >= 0.3 is 5.97 Å². The van der Waals surface area contributed by atoms with Gasteiger partial charge in [0.05, 0.1) is 18.7 Å². The Morgan fingerprint density at radius 2 is 2.44 bits per heavy atom. The van der Waals surface area contributed by atoms with Crippen molar-refractivity contribution in [3.05, 3.63) is 17.0 Å². The number of anilines is 1. The third kappa shape index (κ3) is 1.70. The standard InChI is InChI=1S/C10H12N2O3S/c1-15-10(14)6-3-5-16-9(6)12-4-2-7(11)8(12)13/h3,5,7H,2,4,11H2,1H3. The van der Waals surface area contributed by atoms with Gasteiger partial charge in [-0.3, -0.25) is 4.79 Å². The SMILES string of the molecule is COC(=O)c1ccsc1N1CCC(N)C1=O. The summed E-state index contributed by atoms with van der Waals surface area (Å²) in [6.07, 6.45) is 0.622. The Hall–Kier alpha value is -1.40. The lowest BCUT2D eigenvalue weighted by atomic mass is 10.3. The molecule has 2 N–H and O–H groups in total. The molecule has 0 aliphatic carbocycles. The number of nitrogens with zero attached hydrogens (tertiary/aromatic N) is 1. The molecule has 1 saturated heterocycles. The Labute approximate surface area is 96.8 Å². The smallest absolute Gasteiger partial charge is 0.340 e. The van der Waals surface area contributed by atoms with Crippen LogP contribution in [0.2, 0.25) is 0 Å². The van der Waals surface area contributed by atoms with Gasteiger partial charge in [0, 0.05) is 6.54 Å². The van der Waals surface area contributed by atoms with E-state index in [4.69, 9.17) is 5.73 Å². The summed E-state index contributed by atoms with van der Waals surface area (Å²) in [5, 5.41) is 2.39. The van der Waals surface area contributed by atoms with Crippen LogP contribution in [0.4, 0.5) is 5.00 Å². The van der Waals surface area contributed by atoms with Gasteiger partial charge in [-0.15, -0.1) is 11.3 Å². The molecule has 1 aliphatic rings. The lowest BCUT2D eigenvalue weighted by molar-refractivity contribution is -0.118. The van der Waals surface area contributed by atoms with Crippen LogP contribution < -0.4 is 10.6 Å². The fraction of sp³-hybridized carbons (Fsp3) is 0.400. The van der Waals surface area contributed by atoms with E-state index < -0.39 is 12.0 Å². The highest BCUT2D eigenvalue weighted by Crippen LogP contribution is 2.31. The van der Waals surface area contributed by atoms with Crippen molar-refractivity contribution in [2.75, 3.05) is 18.6 Å². The van der Waals surface area contributed by atoms with E-state index in [0.29, 0.717) is 23.5 Å². The predicted octanol–water partition coefficient (Wildman–Crippen LogP) is 0.599. The second-order valence-electron chi connectivity index (χ2n) is 3.52. The number of amides is 1. The first kappa shape index (κ1) is 11.1. The highest BCUT2D eigenvalue weighted by atomic mass is 32.1. The Morgan fingerprint density at radius 3 is 3.00 bits per heavy atom. The highest BCUT2D eigenvalue weighted by Gasteiger charge is 2.32. The van der Waals surface area contributed by atoms with Crippen molar-refractivity contribution in [2.24, 2.45) is 5.73 Å². The van der Waals surface area contributed by atoms with Crippen LogP contribution in [-0.2, 0) is 9.53 Å². The number of thiophene rings is 1. The van der Waals surface area contributed by atoms with E-state index in [1.807, 2.05) is 0 Å². The Morgan fingerprint density at radius 1 is 1.69 bits per heavy atom. The van der Waals surface area contributed by atoms with E-state index in [2.05, 4.69) is 4.74 Å². The van der Waals surface area contributed by atoms with E-state index in [9.17, 15) is 9.59 Å². The predicted molar refractivity (Wildman–Crippen MR) is 60.6 cm³/mol. The molecule has 0 aromatic carbocycles. The number of ether oxygens (including phenoxy) is 1. The van der Waals surface area contributed by atoms with Crippen molar-refractivity contribution >= 4 is 28.2 Å². The minimum Gasteiger partial charge on any atom is -0.465 e. The summed E-state index contributed by atoms with van der Waals surface area (Å²) in [6.45, 7) is 0.560. The van der Waals surface area contributed by atoms with Gasteiger partial charge in [0.1, 0.15) is 5.00 Å². The third-order valence-electron chi connectivity index (χ3n) is 2.54. The number of methoxy groups -OCH3 is 1. The van der Waals surface area contributed by atoms with Crippen molar-refractivity contribution in [1.82, 2.24) is 0 Å². The summed E-state index contributed by atoms with van der Waals surface area (Å²) in [4.78, 5) is 24.7. The van der Waals surface area contributed by atoms with Crippen molar-refractivity contribution in [2.45, 2.75) is 12.5 Å². The Kier molecular flexibility index (Phi) is 2.93. The topological polar surface area (TPSA) is 72.6 Å². The molecule has 2 heterocycles. The van der Waals surface area contributed by atoms with E-state index in [0.717, 1.165) is 0 Å². The van der Waals surface area contributed by atoms with Crippen molar-refractivity contribution < 1.29 is 14.3 Å². The first-order valence-corrected chi connectivity index (χ1v) is 5.76. The molecule has 0 bridgehead atoms. The minimum absolute atomic E-state index is 0.132. The van der Waals surface area contributed by atoms with Crippen LogP contribution in [-0.4, -0.2) is 31.6 Å². The van der Waals surface area contributed by atoms with E-state index in [1.165, 1.54) is 18.4 Å². The number of hydrogen-bond donors (Lipinski definition) is 1. The van der Waals surface area contributed by atoms with Gasteiger partial charge in [-0.25, -0.2) is 4.79 Å². The summed E-state index contributed by atoms with van der Waals surface area (Å²) in [6, 6.07) is 1.20. The average Bonchev–Trinajstić information content (AvgIpc) is 2.86. The Bertz CT molecular complexity index is 429. The van der Waals surface area contributed by atoms with Crippen LogP contribution in [0.3, 0.4) is 0 Å². The monoisotopic (exact) mass is 240 g/mol. The Balaban J connectivity index is 2.31. The van der Waals surface area contributed by atoms with Crippen LogP contribution in [0.15, 0.2) is 11.4 Å². The molecule has 1 aromatic heterocycles. The van der Waals surface area contributed by atoms with Gasteiger partial charge in [0.15, 0.2) is 0 Å². The van der Waals surface area contributed by atoms with E-state index >= 15 is 0 Å². The number of nitrogens with two attached hydrogens (primary N) is 1. The van der Waals surface area contributed by atoms with Gasteiger partial charge in [-0.1, -0.05) is 0 Å². The maximum atomic E-state index is 11.7. The largest absolute Gasteiger partial charge is 0.465 e. The molecular weight excluding hydrogens is 228 g/mol. The second-order valence-corrected chi connectivity index (χ2v) is 4.41. The number of rotatable bonds is 2. The highest BCUT2D eigenvalue weighted by molar-refractivity contribution is 7.14. The molecule has 1 aliphatic heterocycles. The molecule has 86 valence electrons. The van der Waals surface area contributed by atoms with Crippen molar-refractivity contribution in [3.63, 3.8) is 0 Å². The van der Waals surface area contributed by atoms with Crippen LogP contribution in [0.1, 0.15) is 16.8 Å². The number of carbonyl (C=O) groups excluding carboxylic acids is 2. The van der Waals surface area contributed by atoms with Gasteiger partial charge < -0.3 is 15.4 Å². The van der Waals surface area contributed by atoms with Gasteiger partial charge in [-0.05, 0) is 17.9 Å². The van der Waals surface area contributed by atoms with Crippen molar-refractivity contribution in [1.29, 1.82) is 0 Å². The molecule has 2 rings (SSSR count).